The van der Waals surface area contributed by atoms with E-state index in [2.05, 4.69) is 10.1 Å². The third-order valence-corrected chi connectivity index (χ3v) is 5.22. The summed E-state index contributed by atoms with van der Waals surface area (Å²) in [6, 6.07) is 16.5. The molecule has 150 valence electrons. The lowest BCUT2D eigenvalue weighted by molar-refractivity contribution is 0.0987. The first-order valence-corrected chi connectivity index (χ1v) is 9.69. The predicted octanol–water partition coefficient (Wildman–Crippen LogP) is 5.26. The number of aromatic nitrogens is 1. The Morgan fingerprint density at radius 1 is 1.07 bits per heavy atom. The molecule has 1 aromatic heterocycles. The second-order valence-corrected chi connectivity index (χ2v) is 7.26. The largest absolute Gasteiger partial charge is 0.497 e. The monoisotopic (exact) mass is 423 g/mol. The van der Waals surface area contributed by atoms with Gasteiger partial charge in [0.15, 0.2) is 0 Å². The quantitative estimate of drug-likeness (QED) is 0.325. The Bertz CT molecular complexity index is 1240. The van der Waals surface area contributed by atoms with E-state index >= 15 is 0 Å². The number of hydrazone groups is 1. The SMILES string of the molecule is COc1cccc(C(=O)N(/N=C/c2ccc(F)cc2)c2nc3ccc(F)cc3s2)c1. The number of ether oxygens (including phenoxy) is 1. The van der Waals surface area contributed by atoms with Gasteiger partial charge in [-0.05, 0) is 54.1 Å². The van der Waals surface area contributed by atoms with E-state index < -0.39 is 11.7 Å². The predicted molar refractivity (Wildman–Crippen MR) is 113 cm³/mol. The van der Waals surface area contributed by atoms with Gasteiger partial charge in [-0.15, -0.1) is 0 Å². The average molecular weight is 423 g/mol. The van der Waals surface area contributed by atoms with E-state index in [0.717, 1.165) is 16.3 Å². The molecule has 5 nitrogen and oxygen atoms in total. The maximum Gasteiger partial charge on any atom is 0.280 e. The van der Waals surface area contributed by atoms with Gasteiger partial charge in [0.1, 0.15) is 17.4 Å². The maximum absolute atomic E-state index is 13.6. The van der Waals surface area contributed by atoms with Crippen LogP contribution in [0.15, 0.2) is 71.8 Å². The highest BCUT2D eigenvalue weighted by Crippen LogP contribution is 2.31. The number of amides is 1. The summed E-state index contributed by atoms with van der Waals surface area (Å²) in [5.74, 6) is -0.677. The molecule has 0 fully saturated rings. The summed E-state index contributed by atoms with van der Waals surface area (Å²) in [4.78, 5) is 17.6. The van der Waals surface area contributed by atoms with Crippen LogP contribution in [0.25, 0.3) is 10.2 Å². The standard InChI is InChI=1S/C22H15F2N3O2S/c1-29-18-4-2-3-15(11-18)21(28)27(25-13-14-5-7-16(23)8-6-14)22-26-19-10-9-17(24)12-20(19)30-22/h2-13H,1H3/b25-13+. The van der Waals surface area contributed by atoms with Gasteiger partial charge >= 0.3 is 0 Å². The van der Waals surface area contributed by atoms with Crippen LogP contribution in [-0.4, -0.2) is 24.2 Å². The summed E-state index contributed by atoms with van der Waals surface area (Å²) < 4.78 is 32.5. The number of benzene rings is 3. The van der Waals surface area contributed by atoms with E-state index in [-0.39, 0.29) is 10.9 Å². The van der Waals surface area contributed by atoms with Crippen LogP contribution in [-0.2, 0) is 0 Å². The molecule has 0 aliphatic rings. The number of anilines is 1. The Balaban J connectivity index is 1.76. The lowest BCUT2D eigenvalue weighted by Crippen LogP contribution is -2.25. The zero-order chi connectivity index (χ0) is 21.1. The molecule has 3 aromatic carbocycles. The van der Waals surface area contributed by atoms with Gasteiger partial charge in [-0.3, -0.25) is 4.79 Å². The first-order valence-electron chi connectivity index (χ1n) is 8.87. The van der Waals surface area contributed by atoms with Crippen molar-refractivity contribution >= 4 is 38.8 Å². The number of thiazole rings is 1. The Labute approximate surface area is 174 Å². The van der Waals surface area contributed by atoms with Gasteiger partial charge in [0.2, 0.25) is 5.13 Å². The molecule has 0 bridgehead atoms. The number of hydrogen-bond donors (Lipinski definition) is 0. The minimum Gasteiger partial charge on any atom is -0.497 e. The molecule has 0 saturated heterocycles. The van der Waals surface area contributed by atoms with E-state index in [0.29, 0.717) is 27.1 Å². The molecule has 0 aliphatic carbocycles. The minimum atomic E-state index is -0.438. The van der Waals surface area contributed by atoms with Crippen molar-refractivity contribution in [2.75, 3.05) is 12.1 Å². The lowest BCUT2D eigenvalue weighted by Gasteiger charge is -2.14. The van der Waals surface area contributed by atoms with Crippen LogP contribution in [0.1, 0.15) is 15.9 Å². The number of hydrogen-bond acceptors (Lipinski definition) is 5. The summed E-state index contributed by atoms with van der Waals surface area (Å²) >= 11 is 1.14. The number of carbonyl (C=O) groups is 1. The highest BCUT2D eigenvalue weighted by atomic mass is 32.1. The van der Waals surface area contributed by atoms with Gasteiger partial charge in [-0.25, -0.2) is 13.8 Å². The van der Waals surface area contributed by atoms with Crippen molar-refractivity contribution in [3.8, 4) is 5.75 Å². The highest BCUT2D eigenvalue weighted by molar-refractivity contribution is 7.22. The summed E-state index contributed by atoms with van der Waals surface area (Å²) in [6.45, 7) is 0. The number of halogens is 2. The van der Waals surface area contributed by atoms with E-state index in [1.165, 1.54) is 37.6 Å². The minimum absolute atomic E-state index is 0.279. The number of methoxy groups -OCH3 is 1. The lowest BCUT2D eigenvalue weighted by atomic mass is 10.2. The third kappa shape index (κ3) is 4.18. The fraction of sp³-hybridized carbons (Fsp3) is 0.0455. The van der Waals surface area contributed by atoms with Crippen LogP contribution in [0.5, 0.6) is 5.75 Å². The second kappa shape index (κ2) is 8.38. The van der Waals surface area contributed by atoms with Crippen molar-refractivity contribution in [1.29, 1.82) is 0 Å². The molecule has 0 N–H and O–H groups in total. The van der Waals surface area contributed by atoms with E-state index in [1.54, 1.807) is 42.5 Å². The Kier molecular flexibility index (Phi) is 5.49. The molecular formula is C22H15F2N3O2S. The van der Waals surface area contributed by atoms with Crippen molar-refractivity contribution in [1.82, 2.24) is 4.98 Å². The molecule has 4 aromatic rings. The van der Waals surface area contributed by atoms with E-state index in [1.807, 2.05) is 0 Å². The van der Waals surface area contributed by atoms with Crippen LogP contribution in [0.2, 0.25) is 0 Å². The van der Waals surface area contributed by atoms with Crippen molar-refractivity contribution < 1.29 is 18.3 Å². The van der Waals surface area contributed by atoms with Crippen molar-refractivity contribution in [2.24, 2.45) is 5.10 Å². The molecule has 0 unspecified atom stereocenters. The number of fused-ring (bicyclic) bond motifs is 1. The van der Waals surface area contributed by atoms with Crippen LogP contribution < -0.4 is 9.75 Å². The highest BCUT2D eigenvalue weighted by Gasteiger charge is 2.21. The van der Waals surface area contributed by atoms with Gasteiger partial charge in [-0.1, -0.05) is 29.5 Å². The molecule has 0 aliphatic heterocycles. The molecule has 1 amide bonds. The topological polar surface area (TPSA) is 54.8 Å². The van der Waals surface area contributed by atoms with Crippen LogP contribution >= 0.6 is 11.3 Å². The van der Waals surface area contributed by atoms with Crippen molar-refractivity contribution in [2.45, 2.75) is 0 Å². The first-order chi connectivity index (χ1) is 14.5. The maximum atomic E-state index is 13.6. The van der Waals surface area contributed by atoms with Gasteiger partial charge in [-0.2, -0.15) is 10.1 Å². The fourth-order valence-corrected chi connectivity index (χ4v) is 3.66. The average Bonchev–Trinajstić information content (AvgIpc) is 3.17. The molecule has 0 spiro atoms. The number of carbonyl (C=O) groups excluding carboxylic acids is 1. The summed E-state index contributed by atoms with van der Waals surface area (Å²) in [6.07, 6.45) is 1.43. The van der Waals surface area contributed by atoms with E-state index in [9.17, 15) is 13.6 Å². The van der Waals surface area contributed by atoms with Gasteiger partial charge in [0, 0.05) is 5.56 Å². The molecule has 1 heterocycles. The number of nitrogens with zero attached hydrogens (tertiary/aromatic N) is 3. The second-order valence-electron chi connectivity index (χ2n) is 6.25. The molecule has 0 atom stereocenters. The fourth-order valence-electron chi connectivity index (χ4n) is 2.72. The zero-order valence-electron chi connectivity index (χ0n) is 15.8. The smallest absolute Gasteiger partial charge is 0.280 e. The van der Waals surface area contributed by atoms with Gasteiger partial charge < -0.3 is 4.74 Å². The Morgan fingerprint density at radius 3 is 2.60 bits per heavy atom. The molecule has 4 rings (SSSR count). The van der Waals surface area contributed by atoms with Crippen LogP contribution in [0, 0.1) is 11.6 Å². The Hall–Kier alpha value is -3.65. The van der Waals surface area contributed by atoms with Crippen molar-refractivity contribution in [3.63, 3.8) is 0 Å². The van der Waals surface area contributed by atoms with Crippen LogP contribution in [0.4, 0.5) is 13.9 Å². The summed E-state index contributed by atoms with van der Waals surface area (Å²) in [5, 5.41) is 5.71. The summed E-state index contributed by atoms with van der Waals surface area (Å²) in [7, 11) is 1.51. The molecule has 0 saturated carbocycles. The Morgan fingerprint density at radius 2 is 1.83 bits per heavy atom. The first kappa shape index (κ1) is 19.7. The van der Waals surface area contributed by atoms with Crippen LogP contribution in [0.3, 0.4) is 0 Å². The summed E-state index contributed by atoms with van der Waals surface area (Å²) in [5.41, 5.74) is 1.50. The molecular weight excluding hydrogens is 408 g/mol. The van der Waals surface area contributed by atoms with Crippen molar-refractivity contribution in [3.05, 3.63) is 89.5 Å². The van der Waals surface area contributed by atoms with Gasteiger partial charge in [0.05, 0.1) is 23.5 Å². The molecule has 30 heavy (non-hydrogen) atoms. The molecule has 0 radical (unpaired) electrons. The zero-order valence-corrected chi connectivity index (χ0v) is 16.6. The molecule has 8 heteroatoms. The van der Waals surface area contributed by atoms with Gasteiger partial charge in [0.25, 0.3) is 5.91 Å². The normalized spacial score (nSPS) is 11.2. The van der Waals surface area contributed by atoms with E-state index in [4.69, 9.17) is 4.74 Å². The number of rotatable bonds is 5. The third-order valence-electron chi connectivity index (χ3n) is 4.22.